The summed E-state index contributed by atoms with van der Waals surface area (Å²) in [4.78, 5) is 12.5. The Hall–Kier alpha value is -0.810. The van der Waals surface area contributed by atoms with Crippen LogP contribution in [0.15, 0.2) is 0 Å². The molecule has 7 atom stereocenters. The average Bonchev–Trinajstić information content (AvgIpc) is 2.96. The number of carbonyl (C=O) groups excluding carboxylic acids is 1. The summed E-state index contributed by atoms with van der Waals surface area (Å²) in [6, 6.07) is -0.705. The minimum absolute atomic E-state index is 0.137. The van der Waals surface area contributed by atoms with Crippen LogP contribution in [0.2, 0.25) is 0 Å². The Bertz CT molecular complexity index is 623. The maximum atomic E-state index is 12.5. The quantitative estimate of drug-likeness (QED) is 0.0809. The zero-order valence-electron chi connectivity index (χ0n) is 26.1. The molecule has 1 fully saturated rings. The lowest BCUT2D eigenvalue weighted by Crippen LogP contribution is -2.60. The molecule has 1 aliphatic rings. The molecule has 1 saturated heterocycles. The molecule has 0 spiro atoms. The van der Waals surface area contributed by atoms with Crippen molar-refractivity contribution in [3.63, 3.8) is 0 Å². The zero-order chi connectivity index (χ0) is 30.3. The van der Waals surface area contributed by atoms with Crippen LogP contribution >= 0.6 is 0 Å². The monoisotopic (exact) mass is 589 g/mol. The minimum atomic E-state index is -1.54. The summed E-state index contributed by atoms with van der Waals surface area (Å²) in [6.45, 7) is 3.63. The highest BCUT2D eigenvalue weighted by Crippen LogP contribution is 2.23. The number of amides is 1. The lowest BCUT2D eigenvalue weighted by Gasteiger charge is -2.40. The van der Waals surface area contributed by atoms with E-state index >= 15 is 0 Å². The predicted octanol–water partition coefficient (Wildman–Crippen LogP) is 4.49. The number of hydrogen-bond acceptors (Lipinski definition) is 8. The molecule has 0 aromatic heterocycles. The number of ether oxygens (including phenoxy) is 2. The topological polar surface area (TPSA) is 149 Å². The standard InChI is InChI=1S/C32H63NO8/c1-3-5-7-8-9-10-11-12-13-14-15-16-17-18-20-21-26(35)25(33-28(36)22-19-6-4-2)24-40-32-31(39)30(38)29(37)27(23-34)41-32/h25-27,29-32,34-35,37-39H,3-24H2,1-2H3,(H,33,36). The number of rotatable bonds is 26. The van der Waals surface area contributed by atoms with Gasteiger partial charge in [0.15, 0.2) is 6.29 Å². The van der Waals surface area contributed by atoms with Gasteiger partial charge in [-0.05, 0) is 12.8 Å². The first-order valence-corrected chi connectivity index (χ1v) is 16.7. The molecule has 244 valence electrons. The number of hydrogen-bond donors (Lipinski definition) is 6. The molecule has 7 unspecified atom stereocenters. The van der Waals surface area contributed by atoms with E-state index in [1.165, 1.54) is 77.0 Å². The zero-order valence-corrected chi connectivity index (χ0v) is 26.1. The summed E-state index contributed by atoms with van der Waals surface area (Å²) in [7, 11) is 0. The van der Waals surface area contributed by atoms with Gasteiger partial charge in [-0.25, -0.2) is 0 Å². The normalized spacial score (nSPS) is 24.3. The number of unbranched alkanes of at least 4 members (excludes halogenated alkanes) is 16. The van der Waals surface area contributed by atoms with E-state index in [1.807, 2.05) is 0 Å². The van der Waals surface area contributed by atoms with Crippen molar-refractivity contribution in [3.05, 3.63) is 0 Å². The SMILES string of the molecule is CCCCCCCCCCCCCCCCCC(O)C(COC1OC(CO)C(O)C(O)C1O)NC(=O)CCCCC. The van der Waals surface area contributed by atoms with E-state index in [4.69, 9.17) is 9.47 Å². The van der Waals surface area contributed by atoms with E-state index in [1.54, 1.807) is 0 Å². The van der Waals surface area contributed by atoms with Crippen LogP contribution in [-0.4, -0.2) is 87.5 Å². The van der Waals surface area contributed by atoms with Crippen LogP contribution in [0.25, 0.3) is 0 Å². The highest BCUT2D eigenvalue weighted by Gasteiger charge is 2.44. The molecule has 6 N–H and O–H groups in total. The molecule has 1 heterocycles. The third-order valence-corrected chi connectivity index (χ3v) is 8.21. The third-order valence-electron chi connectivity index (χ3n) is 8.21. The van der Waals surface area contributed by atoms with Crippen LogP contribution in [0.3, 0.4) is 0 Å². The van der Waals surface area contributed by atoms with Crippen molar-refractivity contribution in [1.82, 2.24) is 5.32 Å². The van der Waals surface area contributed by atoms with E-state index < -0.39 is 49.5 Å². The molecule has 1 aliphatic heterocycles. The van der Waals surface area contributed by atoms with Crippen LogP contribution in [0.5, 0.6) is 0 Å². The molecular weight excluding hydrogens is 526 g/mol. The van der Waals surface area contributed by atoms with Gasteiger partial charge in [-0.3, -0.25) is 4.79 Å². The van der Waals surface area contributed by atoms with E-state index in [0.29, 0.717) is 12.8 Å². The van der Waals surface area contributed by atoms with Gasteiger partial charge in [-0.2, -0.15) is 0 Å². The number of aliphatic hydroxyl groups excluding tert-OH is 5. The molecule has 0 aromatic carbocycles. The van der Waals surface area contributed by atoms with Crippen molar-refractivity contribution in [3.8, 4) is 0 Å². The Balaban J connectivity index is 2.34. The van der Waals surface area contributed by atoms with Gasteiger partial charge in [0.25, 0.3) is 0 Å². The van der Waals surface area contributed by atoms with Crippen LogP contribution in [0, 0.1) is 0 Å². The Labute approximate surface area is 249 Å². The number of aliphatic hydroxyl groups is 5. The Kier molecular flexibility index (Phi) is 22.9. The Morgan fingerprint density at radius 2 is 1.22 bits per heavy atom. The molecule has 9 nitrogen and oxygen atoms in total. The van der Waals surface area contributed by atoms with Crippen molar-refractivity contribution in [1.29, 1.82) is 0 Å². The lowest BCUT2D eigenvalue weighted by atomic mass is 9.99. The van der Waals surface area contributed by atoms with Crippen molar-refractivity contribution in [2.45, 2.75) is 185 Å². The van der Waals surface area contributed by atoms with Gasteiger partial charge in [0.1, 0.15) is 24.4 Å². The molecular formula is C32H63NO8. The van der Waals surface area contributed by atoms with Crippen molar-refractivity contribution in [2.75, 3.05) is 13.2 Å². The summed E-state index contributed by atoms with van der Waals surface area (Å²) >= 11 is 0. The molecule has 41 heavy (non-hydrogen) atoms. The van der Waals surface area contributed by atoms with Crippen LogP contribution in [0.1, 0.15) is 142 Å². The molecule has 9 heteroatoms. The van der Waals surface area contributed by atoms with Crippen LogP contribution < -0.4 is 5.32 Å². The molecule has 0 radical (unpaired) electrons. The summed E-state index contributed by atoms with van der Waals surface area (Å²) < 4.78 is 11.1. The first-order chi connectivity index (χ1) is 19.8. The molecule has 0 saturated carbocycles. The summed E-state index contributed by atoms with van der Waals surface area (Å²) in [5, 5.41) is 53.4. The fourth-order valence-electron chi connectivity index (χ4n) is 5.39. The second kappa shape index (κ2) is 24.6. The fraction of sp³-hybridized carbons (Fsp3) is 0.969. The molecule has 0 aromatic rings. The molecule has 0 aliphatic carbocycles. The second-order valence-electron chi connectivity index (χ2n) is 12.0. The van der Waals surface area contributed by atoms with Gasteiger partial charge in [0, 0.05) is 6.42 Å². The number of nitrogens with one attached hydrogen (secondary N) is 1. The first-order valence-electron chi connectivity index (χ1n) is 16.7. The van der Waals surface area contributed by atoms with E-state index in [0.717, 1.165) is 38.5 Å². The van der Waals surface area contributed by atoms with Crippen molar-refractivity contribution < 1.29 is 39.8 Å². The third kappa shape index (κ3) is 17.2. The van der Waals surface area contributed by atoms with E-state index in [9.17, 15) is 30.3 Å². The largest absolute Gasteiger partial charge is 0.394 e. The van der Waals surface area contributed by atoms with Gasteiger partial charge in [0.05, 0.1) is 25.4 Å². The van der Waals surface area contributed by atoms with Crippen LogP contribution in [0.4, 0.5) is 0 Å². The van der Waals surface area contributed by atoms with Crippen molar-refractivity contribution in [2.24, 2.45) is 0 Å². The molecule has 1 rings (SSSR count). The smallest absolute Gasteiger partial charge is 0.220 e. The highest BCUT2D eigenvalue weighted by molar-refractivity contribution is 5.76. The Morgan fingerprint density at radius 1 is 0.732 bits per heavy atom. The molecule has 0 bridgehead atoms. The average molecular weight is 590 g/mol. The summed E-state index contributed by atoms with van der Waals surface area (Å²) in [5.74, 6) is -0.170. The summed E-state index contributed by atoms with van der Waals surface area (Å²) in [5.41, 5.74) is 0. The fourth-order valence-corrected chi connectivity index (χ4v) is 5.39. The van der Waals surface area contributed by atoms with E-state index in [-0.39, 0.29) is 12.5 Å². The highest BCUT2D eigenvalue weighted by atomic mass is 16.7. The van der Waals surface area contributed by atoms with Gasteiger partial charge >= 0.3 is 0 Å². The van der Waals surface area contributed by atoms with Gasteiger partial charge in [-0.1, -0.05) is 123 Å². The van der Waals surface area contributed by atoms with Gasteiger partial charge in [0.2, 0.25) is 5.91 Å². The minimum Gasteiger partial charge on any atom is -0.394 e. The van der Waals surface area contributed by atoms with Gasteiger partial charge < -0.3 is 40.3 Å². The lowest BCUT2D eigenvalue weighted by molar-refractivity contribution is -0.302. The van der Waals surface area contributed by atoms with Crippen molar-refractivity contribution >= 4 is 5.91 Å². The predicted molar refractivity (Wildman–Crippen MR) is 161 cm³/mol. The maximum absolute atomic E-state index is 12.5. The molecule has 1 amide bonds. The first kappa shape index (κ1) is 38.2. The maximum Gasteiger partial charge on any atom is 0.220 e. The number of carbonyl (C=O) groups is 1. The Morgan fingerprint density at radius 3 is 1.73 bits per heavy atom. The second-order valence-corrected chi connectivity index (χ2v) is 12.0. The summed E-state index contributed by atoms with van der Waals surface area (Å²) in [6.07, 6.45) is 14.8. The van der Waals surface area contributed by atoms with E-state index in [2.05, 4.69) is 19.2 Å². The van der Waals surface area contributed by atoms with Crippen LogP contribution in [-0.2, 0) is 14.3 Å². The van der Waals surface area contributed by atoms with Gasteiger partial charge in [-0.15, -0.1) is 0 Å².